The van der Waals surface area contributed by atoms with Crippen LogP contribution in [0.5, 0.6) is 11.5 Å². The molecule has 0 aromatic heterocycles. The van der Waals surface area contributed by atoms with Crippen LogP contribution in [0, 0.1) is 5.82 Å². The molecule has 0 N–H and O–H groups in total. The Morgan fingerprint density at radius 2 is 1.84 bits per heavy atom. The van der Waals surface area contributed by atoms with Gasteiger partial charge >= 0.3 is 0 Å². The fourth-order valence-corrected chi connectivity index (χ4v) is 4.39. The summed E-state index contributed by atoms with van der Waals surface area (Å²) in [6.07, 6.45) is -0.0197. The molecule has 25 heavy (non-hydrogen) atoms. The lowest BCUT2D eigenvalue weighted by molar-refractivity contribution is 0.0981. The zero-order chi connectivity index (χ0) is 18.2. The van der Waals surface area contributed by atoms with Gasteiger partial charge in [0.25, 0.3) is 10.0 Å². The summed E-state index contributed by atoms with van der Waals surface area (Å²) in [6, 6.07) is 7.85. The average Bonchev–Trinajstić information content (AvgIpc) is 2.61. The first-order valence-corrected chi connectivity index (χ1v) is 8.90. The second kappa shape index (κ2) is 6.36. The zero-order valence-corrected chi connectivity index (χ0v) is 14.5. The van der Waals surface area contributed by atoms with E-state index in [1.54, 1.807) is 0 Å². The van der Waals surface area contributed by atoms with E-state index in [9.17, 15) is 17.6 Å². The molecule has 0 spiro atoms. The minimum Gasteiger partial charge on any atom is -0.497 e. The molecular formula is C17H16FNO5S. The summed E-state index contributed by atoms with van der Waals surface area (Å²) in [6.45, 7) is -0.0189. The first kappa shape index (κ1) is 17.2. The molecule has 1 aliphatic heterocycles. The van der Waals surface area contributed by atoms with E-state index in [1.807, 2.05) is 0 Å². The van der Waals surface area contributed by atoms with E-state index in [2.05, 4.69) is 0 Å². The third-order valence-electron chi connectivity index (χ3n) is 4.01. The van der Waals surface area contributed by atoms with Gasteiger partial charge < -0.3 is 9.47 Å². The highest BCUT2D eigenvalue weighted by Gasteiger charge is 2.34. The highest BCUT2D eigenvalue weighted by atomic mass is 32.2. The molecule has 0 atom stereocenters. The van der Waals surface area contributed by atoms with E-state index in [-0.39, 0.29) is 40.6 Å². The number of Topliss-reactive ketones (excluding diaryl/α,β-unsaturated/α-hetero) is 1. The summed E-state index contributed by atoms with van der Waals surface area (Å²) in [4.78, 5) is 12.0. The number of methoxy groups -OCH3 is 2. The number of hydrogen-bond donors (Lipinski definition) is 0. The number of sulfonamides is 1. The van der Waals surface area contributed by atoms with Crippen molar-refractivity contribution in [2.24, 2.45) is 0 Å². The van der Waals surface area contributed by atoms with E-state index in [0.29, 0.717) is 5.75 Å². The largest absolute Gasteiger partial charge is 0.497 e. The number of ether oxygens (including phenoxy) is 2. The van der Waals surface area contributed by atoms with Crippen LogP contribution in [0.25, 0.3) is 0 Å². The van der Waals surface area contributed by atoms with Gasteiger partial charge in [0.05, 0.1) is 19.9 Å². The smallest absolute Gasteiger partial charge is 0.268 e. The van der Waals surface area contributed by atoms with Gasteiger partial charge in [-0.25, -0.2) is 12.8 Å². The van der Waals surface area contributed by atoms with Crippen LogP contribution in [0.15, 0.2) is 41.3 Å². The molecule has 0 saturated heterocycles. The number of fused-ring (bicyclic) bond motifs is 1. The number of carbonyl (C=O) groups excluding carboxylic acids is 1. The van der Waals surface area contributed by atoms with Crippen LogP contribution in [-0.4, -0.2) is 35.0 Å². The maximum atomic E-state index is 13.5. The van der Waals surface area contributed by atoms with Crippen molar-refractivity contribution in [1.82, 2.24) is 0 Å². The van der Waals surface area contributed by atoms with Crippen molar-refractivity contribution in [2.45, 2.75) is 11.3 Å². The molecule has 0 radical (unpaired) electrons. The van der Waals surface area contributed by atoms with Gasteiger partial charge in [-0.3, -0.25) is 9.10 Å². The summed E-state index contributed by atoms with van der Waals surface area (Å²) in [5.74, 6) is -0.303. The fraction of sp³-hybridized carbons (Fsp3) is 0.235. The molecule has 1 aliphatic rings. The molecule has 2 aromatic rings. The number of carbonyl (C=O) groups is 1. The lowest BCUT2D eigenvalue weighted by atomic mass is 10.0. The molecule has 0 fully saturated rings. The third kappa shape index (κ3) is 2.93. The van der Waals surface area contributed by atoms with Gasteiger partial charge in [0, 0.05) is 24.6 Å². The maximum absolute atomic E-state index is 13.5. The molecule has 0 aliphatic carbocycles. The normalized spacial score (nSPS) is 14.2. The molecule has 0 saturated carbocycles. The molecule has 0 amide bonds. The van der Waals surface area contributed by atoms with Crippen LogP contribution in [0.1, 0.15) is 16.8 Å². The van der Waals surface area contributed by atoms with Gasteiger partial charge in [0.1, 0.15) is 22.2 Å². The number of ketones is 1. The Kier molecular flexibility index (Phi) is 4.38. The van der Waals surface area contributed by atoms with Gasteiger partial charge in [-0.05, 0) is 30.3 Å². The van der Waals surface area contributed by atoms with Gasteiger partial charge in [0.15, 0.2) is 5.78 Å². The highest BCUT2D eigenvalue weighted by molar-refractivity contribution is 7.93. The van der Waals surface area contributed by atoms with E-state index in [0.717, 1.165) is 16.4 Å². The summed E-state index contributed by atoms with van der Waals surface area (Å²) in [7, 11) is -1.18. The van der Waals surface area contributed by atoms with Crippen LogP contribution in [-0.2, 0) is 10.0 Å². The van der Waals surface area contributed by atoms with Crippen molar-refractivity contribution in [3.05, 3.63) is 47.8 Å². The number of benzene rings is 2. The van der Waals surface area contributed by atoms with E-state index in [4.69, 9.17) is 9.47 Å². The minimum atomic E-state index is -4.00. The maximum Gasteiger partial charge on any atom is 0.268 e. The molecule has 2 aromatic carbocycles. The van der Waals surface area contributed by atoms with Crippen LogP contribution in [0.4, 0.5) is 10.1 Å². The van der Waals surface area contributed by atoms with Crippen molar-refractivity contribution in [1.29, 1.82) is 0 Å². The molecule has 0 unspecified atom stereocenters. The Morgan fingerprint density at radius 3 is 2.52 bits per heavy atom. The van der Waals surface area contributed by atoms with Gasteiger partial charge in [-0.2, -0.15) is 0 Å². The summed E-state index contributed by atoms with van der Waals surface area (Å²) < 4.78 is 51.1. The number of rotatable bonds is 4. The van der Waals surface area contributed by atoms with E-state index >= 15 is 0 Å². The monoisotopic (exact) mass is 365 g/mol. The van der Waals surface area contributed by atoms with Crippen molar-refractivity contribution >= 4 is 21.5 Å². The number of nitrogens with zero attached hydrogens (tertiary/aromatic N) is 1. The Morgan fingerprint density at radius 1 is 1.08 bits per heavy atom. The first-order valence-electron chi connectivity index (χ1n) is 7.46. The molecular weight excluding hydrogens is 349 g/mol. The second-order valence-corrected chi connectivity index (χ2v) is 7.26. The predicted molar refractivity (Wildman–Crippen MR) is 89.4 cm³/mol. The van der Waals surface area contributed by atoms with Crippen LogP contribution < -0.4 is 13.8 Å². The first-order chi connectivity index (χ1) is 11.9. The van der Waals surface area contributed by atoms with Crippen molar-refractivity contribution in [2.75, 3.05) is 25.1 Å². The summed E-state index contributed by atoms with van der Waals surface area (Å²) in [5.41, 5.74) is 0.220. The standard InChI is InChI=1S/C17H16FNO5S/c1-23-12-4-6-17(16(10-12)24-2)25(21,22)19-8-7-15(20)13-9-11(18)3-5-14(13)19/h3-6,9-10H,7-8H2,1-2H3. The average molecular weight is 365 g/mol. The molecule has 6 nitrogen and oxygen atoms in total. The van der Waals surface area contributed by atoms with Crippen molar-refractivity contribution in [3.8, 4) is 11.5 Å². The number of hydrogen-bond acceptors (Lipinski definition) is 5. The molecule has 8 heteroatoms. The highest BCUT2D eigenvalue weighted by Crippen LogP contribution is 2.36. The van der Waals surface area contributed by atoms with Crippen molar-refractivity contribution in [3.63, 3.8) is 0 Å². The van der Waals surface area contributed by atoms with Crippen LogP contribution >= 0.6 is 0 Å². The zero-order valence-electron chi connectivity index (χ0n) is 13.7. The number of anilines is 1. The SMILES string of the molecule is COc1ccc(S(=O)(=O)N2CCC(=O)c3cc(F)ccc32)c(OC)c1. The quantitative estimate of drug-likeness (QED) is 0.833. The predicted octanol–water partition coefficient (Wildman–Crippen LogP) is 2.62. The Labute approximate surface area is 144 Å². The second-order valence-electron chi connectivity index (χ2n) is 5.43. The third-order valence-corrected chi connectivity index (χ3v) is 5.86. The molecule has 132 valence electrons. The van der Waals surface area contributed by atoms with Crippen LogP contribution in [0.2, 0.25) is 0 Å². The Hall–Kier alpha value is -2.61. The van der Waals surface area contributed by atoms with E-state index in [1.165, 1.54) is 38.5 Å². The number of halogens is 1. The lowest BCUT2D eigenvalue weighted by Gasteiger charge is -2.30. The van der Waals surface area contributed by atoms with E-state index < -0.39 is 15.8 Å². The van der Waals surface area contributed by atoms with Gasteiger partial charge in [-0.1, -0.05) is 0 Å². The minimum absolute atomic E-state index is 0.0189. The van der Waals surface area contributed by atoms with Gasteiger partial charge in [0.2, 0.25) is 0 Å². The summed E-state index contributed by atoms with van der Waals surface area (Å²) in [5, 5.41) is 0. The topological polar surface area (TPSA) is 72.9 Å². The lowest BCUT2D eigenvalue weighted by Crippen LogP contribution is -2.37. The van der Waals surface area contributed by atoms with Crippen LogP contribution in [0.3, 0.4) is 0 Å². The van der Waals surface area contributed by atoms with Gasteiger partial charge in [-0.15, -0.1) is 0 Å². The summed E-state index contributed by atoms with van der Waals surface area (Å²) >= 11 is 0. The van der Waals surface area contributed by atoms with Crippen molar-refractivity contribution < 1.29 is 27.1 Å². The Balaban J connectivity index is 2.14. The molecule has 0 bridgehead atoms. The molecule has 3 rings (SSSR count). The Bertz CT molecular complexity index is 942. The fourth-order valence-electron chi connectivity index (χ4n) is 2.76. The molecule has 1 heterocycles.